The number of amides is 5. The molecule has 4 rings (SSSR count). The number of rotatable bonds is 6. The Kier molecular flexibility index (Phi) is 5.13. The quantitative estimate of drug-likeness (QED) is 0.510. The molecule has 156 valence electrons. The van der Waals surface area contributed by atoms with Crippen LogP contribution in [0.2, 0.25) is 0 Å². The number of carbonyl (C=O) groups excluding carboxylic acids is 4. The van der Waals surface area contributed by atoms with Crippen molar-refractivity contribution >= 4 is 23.8 Å². The summed E-state index contributed by atoms with van der Waals surface area (Å²) in [5.74, 6) is -0.979. The minimum Gasteiger partial charge on any atom is -0.486 e. The van der Waals surface area contributed by atoms with Crippen LogP contribution < -0.4 is 9.47 Å². The van der Waals surface area contributed by atoms with E-state index >= 15 is 0 Å². The van der Waals surface area contributed by atoms with Gasteiger partial charge >= 0.3 is 17.8 Å². The Morgan fingerprint density at radius 1 is 1.07 bits per heavy atom. The Morgan fingerprint density at radius 3 is 2.53 bits per heavy atom. The highest BCUT2D eigenvalue weighted by molar-refractivity contribution is 6.44. The predicted octanol–water partition coefficient (Wildman–Crippen LogP) is 0.869. The molecule has 2 aromatic rings. The Morgan fingerprint density at radius 2 is 1.80 bits per heavy atom. The first-order valence-corrected chi connectivity index (χ1v) is 9.26. The third kappa shape index (κ3) is 3.71. The molecule has 0 radical (unpaired) electrons. The van der Waals surface area contributed by atoms with Gasteiger partial charge in [0.25, 0.3) is 0 Å². The number of nitrogens with zero attached hydrogens (tertiary/aromatic N) is 3. The molecule has 1 atom stereocenters. The molecule has 1 fully saturated rings. The van der Waals surface area contributed by atoms with Crippen LogP contribution in [0.5, 0.6) is 11.5 Å². The minimum atomic E-state index is -1.04. The summed E-state index contributed by atoms with van der Waals surface area (Å²) >= 11 is 0. The highest BCUT2D eigenvalue weighted by Gasteiger charge is 2.45. The van der Waals surface area contributed by atoms with Crippen LogP contribution in [0.1, 0.15) is 5.76 Å². The number of likely N-dealkylation sites (N-methyl/N-ethyl adjacent to an activating group) is 1. The van der Waals surface area contributed by atoms with E-state index in [4.69, 9.17) is 13.9 Å². The molecule has 5 amide bonds. The summed E-state index contributed by atoms with van der Waals surface area (Å²) < 4.78 is 16.6. The van der Waals surface area contributed by atoms with Crippen LogP contribution in [0.3, 0.4) is 0 Å². The average molecular weight is 413 g/mol. The van der Waals surface area contributed by atoms with Crippen LogP contribution in [0.4, 0.5) is 4.79 Å². The summed E-state index contributed by atoms with van der Waals surface area (Å²) in [7, 11) is 1.53. The summed E-state index contributed by atoms with van der Waals surface area (Å²) in [4.78, 5) is 52.1. The molecule has 2 aliphatic rings. The lowest BCUT2D eigenvalue weighted by molar-refractivity contribution is -0.145. The molecule has 0 bridgehead atoms. The van der Waals surface area contributed by atoms with E-state index in [1.807, 2.05) is 12.1 Å². The number of hydrogen-bond acceptors (Lipinski definition) is 7. The molecule has 0 N–H and O–H groups in total. The summed E-state index contributed by atoms with van der Waals surface area (Å²) in [6, 6.07) is 9.54. The van der Waals surface area contributed by atoms with E-state index in [9.17, 15) is 19.2 Å². The summed E-state index contributed by atoms with van der Waals surface area (Å²) in [5.41, 5.74) is 0. The lowest BCUT2D eigenvalue weighted by Gasteiger charge is -2.30. The standard InChI is InChI=1S/C20H19N3O7/c1-21(9-14-12-29-15-6-2-3-7-16(15)30-14)17(24)11-23-19(26)18(25)22(20(23)27)10-13-5-4-8-28-13/h2-8,14H,9-12H2,1H3/t14-/m1/s1. The number of benzene rings is 1. The van der Waals surface area contributed by atoms with Crippen molar-refractivity contribution in [1.82, 2.24) is 14.7 Å². The monoisotopic (exact) mass is 413 g/mol. The normalized spacial score (nSPS) is 18.2. The van der Waals surface area contributed by atoms with Crippen molar-refractivity contribution in [1.29, 1.82) is 0 Å². The molecule has 10 nitrogen and oxygen atoms in total. The fraction of sp³-hybridized carbons (Fsp3) is 0.300. The Hall–Kier alpha value is -3.82. The second kappa shape index (κ2) is 7.90. The summed E-state index contributed by atoms with van der Waals surface area (Å²) in [5, 5.41) is 0. The van der Waals surface area contributed by atoms with Crippen molar-refractivity contribution in [3.05, 3.63) is 48.4 Å². The fourth-order valence-electron chi connectivity index (χ4n) is 3.20. The van der Waals surface area contributed by atoms with Crippen molar-refractivity contribution in [2.45, 2.75) is 12.6 Å². The van der Waals surface area contributed by atoms with Gasteiger partial charge in [0.2, 0.25) is 5.91 Å². The number of hydrogen-bond donors (Lipinski definition) is 0. The van der Waals surface area contributed by atoms with Crippen LogP contribution in [-0.4, -0.2) is 71.3 Å². The van der Waals surface area contributed by atoms with Crippen molar-refractivity contribution in [3.8, 4) is 11.5 Å². The van der Waals surface area contributed by atoms with Gasteiger partial charge in [-0.2, -0.15) is 0 Å². The van der Waals surface area contributed by atoms with E-state index in [0.29, 0.717) is 22.2 Å². The van der Waals surface area contributed by atoms with Crippen LogP contribution in [0.25, 0.3) is 0 Å². The maximum atomic E-state index is 12.6. The highest BCUT2D eigenvalue weighted by Crippen LogP contribution is 2.31. The Labute approximate surface area is 171 Å². The van der Waals surface area contributed by atoms with Gasteiger partial charge in [-0.05, 0) is 24.3 Å². The van der Waals surface area contributed by atoms with Gasteiger partial charge < -0.3 is 18.8 Å². The largest absolute Gasteiger partial charge is 0.486 e. The van der Waals surface area contributed by atoms with Gasteiger partial charge in [0, 0.05) is 7.05 Å². The second-order valence-electron chi connectivity index (χ2n) is 6.92. The van der Waals surface area contributed by atoms with Gasteiger partial charge in [0.1, 0.15) is 18.9 Å². The first kappa shape index (κ1) is 19.5. The number of fused-ring (bicyclic) bond motifs is 1. The van der Waals surface area contributed by atoms with Crippen molar-refractivity contribution < 1.29 is 33.1 Å². The zero-order valence-electron chi connectivity index (χ0n) is 16.1. The molecule has 1 aromatic heterocycles. The Bertz CT molecular complexity index is 988. The predicted molar refractivity (Wildman–Crippen MR) is 100 cm³/mol. The molecular weight excluding hydrogens is 394 g/mol. The number of carbonyl (C=O) groups is 4. The molecule has 0 spiro atoms. The van der Waals surface area contributed by atoms with E-state index in [0.717, 1.165) is 4.90 Å². The topological polar surface area (TPSA) is 110 Å². The third-order valence-electron chi connectivity index (χ3n) is 4.79. The maximum Gasteiger partial charge on any atom is 0.335 e. The van der Waals surface area contributed by atoms with Gasteiger partial charge in [0.05, 0.1) is 19.4 Å². The summed E-state index contributed by atoms with van der Waals surface area (Å²) in [6.07, 6.45) is 0.990. The SMILES string of the molecule is CN(C[C@@H]1COc2ccccc2O1)C(=O)CN1C(=O)C(=O)N(Cc2ccco2)C1=O. The summed E-state index contributed by atoms with van der Waals surface area (Å²) in [6.45, 7) is -0.276. The van der Waals surface area contributed by atoms with Crippen molar-refractivity contribution in [2.24, 2.45) is 0 Å². The van der Waals surface area contributed by atoms with Gasteiger partial charge in [0.15, 0.2) is 17.6 Å². The Balaban J connectivity index is 1.35. The van der Waals surface area contributed by atoms with E-state index in [1.165, 1.54) is 18.2 Å². The third-order valence-corrected chi connectivity index (χ3v) is 4.79. The van der Waals surface area contributed by atoms with E-state index < -0.39 is 36.4 Å². The zero-order chi connectivity index (χ0) is 21.3. The average Bonchev–Trinajstić information content (AvgIpc) is 3.33. The van der Waals surface area contributed by atoms with Crippen LogP contribution in [0.15, 0.2) is 47.1 Å². The molecule has 1 aromatic carbocycles. The number of imide groups is 2. The molecule has 2 aliphatic heterocycles. The van der Waals surface area contributed by atoms with E-state index in [1.54, 1.807) is 24.3 Å². The molecule has 0 unspecified atom stereocenters. The van der Waals surface area contributed by atoms with Crippen molar-refractivity contribution in [3.63, 3.8) is 0 Å². The molecule has 0 saturated carbocycles. The van der Waals surface area contributed by atoms with Gasteiger partial charge in [-0.3, -0.25) is 14.4 Å². The molecular formula is C20H19N3O7. The highest BCUT2D eigenvalue weighted by atomic mass is 16.6. The smallest absolute Gasteiger partial charge is 0.335 e. The first-order chi connectivity index (χ1) is 14.4. The molecule has 30 heavy (non-hydrogen) atoms. The molecule has 10 heteroatoms. The van der Waals surface area contributed by atoms with Crippen molar-refractivity contribution in [2.75, 3.05) is 26.7 Å². The van der Waals surface area contributed by atoms with E-state index in [2.05, 4.69) is 0 Å². The number of urea groups is 1. The van der Waals surface area contributed by atoms with Gasteiger partial charge in [-0.1, -0.05) is 12.1 Å². The first-order valence-electron chi connectivity index (χ1n) is 9.26. The minimum absolute atomic E-state index is 0.177. The zero-order valence-corrected chi connectivity index (χ0v) is 16.1. The number of furan rings is 1. The van der Waals surface area contributed by atoms with Gasteiger partial charge in [-0.25, -0.2) is 14.6 Å². The number of para-hydroxylation sites is 2. The number of ether oxygens (including phenoxy) is 2. The lowest BCUT2D eigenvalue weighted by Crippen LogP contribution is -2.46. The lowest BCUT2D eigenvalue weighted by atomic mass is 10.2. The van der Waals surface area contributed by atoms with E-state index in [-0.39, 0.29) is 19.7 Å². The maximum absolute atomic E-state index is 12.6. The van der Waals surface area contributed by atoms with Crippen LogP contribution in [-0.2, 0) is 20.9 Å². The molecule has 3 heterocycles. The molecule has 1 saturated heterocycles. The molecule has 0 aliphatic carbocycles. The second-order valence-corrected chi connectivity index (χ2v) is 6.92. The van der Waals surface area contributed by atoms with Crippen LogP contribution >= 0.6 is 0 Å². The fourth-order valence-corrected chi connectivity index (χ4v) is 3.20. The van der Waals surface area contributed by atoms with Gasteiger partial charge in [-0.15, -0.1) is 0 Å². The van der Waals surface area contributed by atoms with Crippen LogP contribution in [0, 0.1) is 0 Å².